The molecule has 0 aliphatic carbocycles. The molecule has 0 bridgehead atoms. The van der Waals surface area contributed by atoms with E-state index in [1.807, 2.05) is 18.2 Å². The van der Waals surface area contributed by atoms with Gasteiger partial charge in [0, 0.05) is 74.8 Å². The van der Waals surface area contributed by atoms with Crippen molar-refractivity contribution in [3.8, 4) is 5.75 Å². The number of benzene rings is 2. The summed E-state index contributed by atoms with van der Waals surface area (Å²) in [6.07, 6.45) is 5.35. The van der Waals surface area contributed by atoms with Crippen LogP contribution in [0.15, 0.2) is 48.7 Å². The Balaban J connectivity index is 1.21. The number of nitrogens with zero attached hydrogens (tertiary/aromatic N) is 4. The second-order valence-electron chi connectivity index (χ2n) is 9.97. The Bertz CT molecular complexity index is 1170. The van der Waals surface area contributed by atoms with E-state index < -0.39 is 0 Å². The lowest BCUT2D eigenvalue weighted by molar-refractivity contribution is 0.100. The molecule has 186 valence electrons. The molecular formula is C28H37N5O2. The molecule has 3 heterocycles. The van der Waals surface area contributed by atoms with Crippen LogP contribution in [-0.4, -0.2) is 80.2 Å². The summed E-state index contributed by atoms with van der Waals surface area (Å²) in [5, 5.41) is 1.16. The number of piperazine rings is 1. The summed E-state index contributed by atoms with van der Waals surface area (Å²) in [5.74, 6) is 0.614. The maximum Gasteiger partial charge on any atom is 0.248 e. The van der Waals surface area contributed by atoms with Crippen molar-refractivity contribution in [3.63, 3.8) is 0 Å². The van der Waals surface area contributed by atoms with Crippen molar-refractivity contribution in [2.75, 3.05) is 64.9 Å². The number of hydrogen-bond donors (Lipinski definition) is 1. The minimum Gasteiger partial charge on any atom is -0.496 e. The minimum absolute atomic E-state index is 0.374. The number of carbonyl (C=O) groups is 1. The highest BCUT2D eigenvalue weighted by molar-refractivity contribution is 5.97. The molecule has 0 unspecified atom stereocenters. The van der Waals surface area contributed by atoms with Gasteiger partial charge in [0.2, 0.25) is 5.91 Å². The number of anilines is 1. The first kappa shape index (κ1) is 23.7. The molecule has 2 aliphatic heterocycles. The number of fused-ring (bicyclic) bond motifs is 1. The molecule has 5 rings (SSSR count). The Kier molecular flexibility index (Phi) is 6.97. The number of likely N-dealkylation sites (N-methyl/N-ethyl adjacent to an activating group) is 1. The first-order chi connectivity index (χ1) is 17.0. The van der Waals surface area contributed by atoms with E-state index in [1.54, 1.807) is 7.11 Å². The molecule has 2 aromatic carbocycles. The van der Waals surface area contributed by atoms with Crippen molar-refractivity contribution in [2.24, 2.45) is 5.73 Å². The minimum atomic E-state index is -0.374. The van der Waals surface area contributed by atoms with Crippen molar-refractivity contribution in [3.05, 3.63) is 59.8 Å². The van der Waals surface area contributed by atoms with Gasteiger partial charge in [0.25, 0.3) is 0 Å². The van der Waals surface area contributed by atoms with Gasteiger partial charge in [0.15, 0.2) is 0 Å². The van der Waals surface area contributed by atoms with Crippen LogP contribution < -0.4 is 15.4 Å². The Morgan fingerprint density at radius 3 is 2.49 bits per heavy atom. The summed E-state index contributed by atoms with van der Waals surface area (Å²) in [6, 6.07) is 15.0. The average molecular weight is 476 g/mol. The van der Waals surface area contributed by atoms with Gasteiger partial charge in [-0.15, -0.1) is 0 Å². The average Bonchev–Trinajstić information content (AvgIpc) is 3.31. The fourth-order valence-electron chi connectivity index (χ4n) is 5.54. The molecule has 1 amide bonds. The van der Waals surface area contributed by atoms with Crippen molar-refractivity contribution >= 4 is 22.5 Å². The molecule has 2 fully saturated rings. The topological polar surface area (TPSA) is 67.0 Å². The number of rotatable bonds is 7. The van der Waals surface area contributed by atoms with E-state index in [0.29, 0.717) is 11.6 Å². The first-order valence-corrected chi connectivity index (χ1v) is 12.7. The molecule has 0 spiro atoms. The molecule has 3 aromatic rings. The van der Waals surface area contributed by atoms with E-state index in [9.17, 15) is 4.79 Å². The maximum absolute atomic E-state index is 11.6. The van der Waals surface area contributed by atoms with Gasteiger partial charge >= 0.3 is 0 Å². The number of likely N-dealkylation sites (tertiary alicyclic amines) is 1. The molecule has 2 aliphatic rings. The van der Waals surface area contributed by atoms with Crippen LogP contribution in [0.1, 0.15) is 34.8 Å². The standard InChI is InChI=1S/C28H37N5O2/c1-30-15-17-32(18-16-30)25-5-6-27(35-2)22(19-25)7-11-31-12-9-24(10-13-31)33-14-8-21-3-4-23(28(29)34)20-26(21)33/h3-6,8,14,19-20,24H,7,9-13,15-18H2,1-2H3,(H2,29,34). The molecule has 35 heavy (non-hydrogen) atoms. The van der Waals surface area contributed by atoms with E-state index in [0.717, 1.165) is 81.7 Å². The number of methoxy groups -OCH3 is 1. The summed E-state index contributed by atoms with van der Waals surface area (Å²) in [4.78, 5) is 19.1. The van der Waals surface area contributed by atoms with Crippen LogP contribution >= 0.6 is 0 Å². The van der Waals surface area contributed by atoms with Gasteiger partial charge in [-0.25, -0.2) is 0 Å². The van der Waals surface area contributed by atoms with Crippen LogP contribution in [0.5, 0.6) is 5.75 Å². The Hall–Kier alpha value is -3.03. The molecule has 2 N–H and O–H groups in total. The van der Waals surface area contributed by atoms with Crippen LogP contribution in [-0.2, 0) is 6.42 Å². The number of piperidine rings is 1. The fraction of sp³-hybridized carbons (Fsp3) is 0.464. The number of carbonyl (C=O) groups excluding carboxylic acids is 1. The molecular weight excluding hydrogens is 438 g/mol. The third-order valence-electron chi connectivity index (χ3n) is 7.79. The molecule has 7 heteroatoms. The number of primary amides is 1. The molecule has 2 saturated heterocycles. The lowest BCUT2D eigenvalue weighted by Crippen LogP contribution is -2.44. The second kappa shape index (κ2) is 10.3. The Morgan fingerprint density at radius 1 is 1.00 bits per heavy atom. The monoisotopic (exact) mass is 475 g/mol. The van der Waals surface area contributed by atoms with Crippen LogP contribution in [0.25, 0.3) is 10.9 Å². The first-order valence-electron chi connectivity index (χ1n) is 12.7. The highest BCUT2D eigenvalue weighted by Gasteiger charge is 2.22. The summed E-state index contributed by atoms with van der Waals surface area (Å²) in [7, 11) is 3.96. The molecule has 7 nitrogen and oxygen atoms in total. The van der Waals surface area contributed by atoms with Crippen molar-refractivity contribution in [1.29, 1.82) is 0 Å². The van der Waals surface area contributed by atoms with E-state index >= 15 is 0 Å². The van der Waals surface area contributed by atoms with E-state index in [4.69, 9.17) is 10.5 Å². The predicted octanol–water partition coefficient (Wildman–Crippen LogP) is 3.38. The van der Waals surface area contributed by atoms with Crippen molar-refractivity contribution in [1.82, 2.24) is 14.4 Å². The molecule has 1 aromatic heterocycles. The van der Waals surface area contributed by atoms with Crippen LogP contribution in [0.4, 0.5) is 5.69 Å². The third-order valence-corrected chi connectivity index (χ3v) is 7.79. The van der Waals surface area contributed by atoms with Crippen molar-refractivity contribution < 1.29 is 9.53 Å². The highest BCUT2D eigenvalue weighted by Crippen LogP contribution is 2.30. The van der Waals surface area contributed by atoms with Gasteiger partial charge in [-0.3, -0.25) is 4.79 Å². The van der Waals surface area contributed by atoms with E-state index in [2.05, 4.69) is 56.8 Å². The summed E-state index contributed by atoms with van der Waals surface area (Å²) >= 11 is 0. The molecule has 0 atom stereocenters. The van der Waals surface area contributed by atoms with Crippen LogP contribution in [0.2, 0.25) is 0 Å². The highest BCUT2D eigenvalue weighted by atomic mass is 16.5. The van der Waals surface area contributed by atoms with Crippen LogP contribution in [0, 0.1) is 0 Å². The van der Waals surface area contributed by atoms with E-state index in [-0.39, 0.29) is 5.91 Å². The third kappa shape index (κ3) is 5.16. The quantitative estimate of drug-likeness (QED) is 0.568. The maximum atomic E-state index is 11.6. The number of nitrogens with two attached hydrogens (primary N) is 1. The number of aromatic nitrogens is 1. The van der Waals surface area contributed by atoms with Crippen molar-refractivity contribution in [2.45, 2.75) is 25.3 Å². The smallest absolute Gasteiger partial charge is 0.248 e. The van der Waals surface area contributed by atoms with Gasteiger partial charge < -0.3 is 29.7 Å². The normalized spacial score (nSPS) is 18.3. The number of amides is 1. The SMILES string of the molecule is COc1ccc(N2CCN(C)CC2)cc1CCN1CCC(n2ccc3ccc(C(N)=O)cc32)CC1. The zero-order chi connectivity index (χ0) is 24.4. The second-order valence-corrected chi connectivity index (χ2v) is 9.97. The lowest BCUT2D eigenvalue weighted by Gasteiger charge is -2.35. The van der Waals surface area contributed by atoms with Gasteiger partial charge in [0.1, 0.15) is 5.75 Å². The van der Waals surface area contributed by atoms with E-state index in [1.165, 1.54) is 11.3 Å². The molecule has 0 radical (unpaired) electrons. The fourth-order valence-corrected chi connectivity index (χ4v) is 5.54. The van der Waals surface area contributed by atoms with Gasteiger partial charge in [0.05, 0.1) is 7.11 Å². The summed E-state index contributed by atoms with van der Waals surface area (Å²) in [6.45, 7) is 7.54. The van der Waals surface area contributed by atoms with Gasteiger partial charge in [-0.05, 0) is 73.7 Å². The molecule has 0 saturated carbocycles. The predicted molar refractivity (Wildman–Crippen MR) is 142 cm³/mol. The van der Waals surface area contributed by atoms with Crippen LogP contribution in [0.3, 0.4) is 0 Å². The summed E-state index contributed by atoms with van der Waals surface area (Å²) < 4.78 is 8.03. The number of ether oxygens (including phenoxy) is 1. The Labute approximate surface area is 208 Å². The number of hydrogen-bond acceptors (Lipinski definition) is 5. The van der Waals surface area contributed by atoms with Gasteiger partial charge in [-0.2, -0.15) is 0 Å². The lowest BCUT2D eigenvalue weighted by atomic mass is 10.0. The zero-order valence-electron chi connectivity index (χ0n) is 20.9. The Morgan fingerprint density at radius 2 is 1.77 bits per heavy atom. The summed E-state index contributed by atoms with van der Waals surface area (Å²) in [5.41, 5.74) is 9.79. The largest absolute Gasteiger partial charge is 0.496 e. The van der Waals surface area contributed by atoms with Gasteiger partial charge in [-0.1, -0.05) is 6.07 Å². The zero-order valence-corrected chi connectivity index (χ0v) is 20.9.